The molecule has 1 aromatic rings. The highest BCUT2D eigenvalue weighted by atomic mass is 19.3. The summed E-state index contributed by atoms with van der Waals surface area (Å²) in [7, 11) is 0. The van der Waals surface area contributed by atoms with E-state index in [1.165, 1.54) is 23.4 Å². The highest BCUT2D eigenvalue weighted by Gasteiger charge is 2.47. The van der Waals surface area contributed by atoms with Gasteiger partial charge in [-0.3, -0.25) is 14.6 Å². The van der Waals surface area contributed by atoms with Crippen molar-refractivity contribution >= 4 is 23.6 Å². The fraction of sp³-hybridized carbons (Fsp3) is 0.526. The van der Waals surface area contributed by atoms with Crippen LogP contribution in [0.1, 0.15) is 29.6 Å². The summed E-state index contributed by atoms with van der Waals surface area (Å²) in [5.74, 6) is -4.49. The average Bonchev–Trinajstić information content (AvgIpc) is 3.07. The van der Waals surface area contributed by atoms with Crippen LogP contribution in [0.5, 0.6) is 0 Å². The van der Waals surface area contributed by atoms with E-state index in [4.69, 9.17) is 10.4 Å². The third kappa shape index (κ3) is 5.36. The minimum Gasteiger partial charge on any atom is -0.465 e. The van der Waals surface area contributed by atoms with E-state index < -0.39 is 49.4 Å². The second kappa shape index (κ2) is 9.11. The molecule has 12 heteroatoms. The van der Waals surface area contributed by atoms with Crippen molar-refractivity contribution in [2.24, 2.45) is 0 Å². The number of carbonyl (C=O) groups is 3. The molecule has 2 saturated heterocycles. The first-order valence-electron chi connectivity index (χ1n) is 9.74. The number of aromatic nitrogens is 1. The zero-order valence-corrected chi connectivity index (χ0v) is 16.6. The number of piperidine rings is 1. The summed E-state index contributed by atoms with van der Waals surface area (Å²) < 4.78 is 27.0. The molecule has 3 heterocycles. The maximum Gasteiger partial charge on any atom is 0.407 e. The minimum atomic E-state index is -3.13. The van der Waals surface area contributed by atoms with E-state index in [0.29, 0.717) is 31.6 Å². The molecule has 0 radical (unpaired) electrons. The molecule has 10 nitrogen and oxygen atoms in total. The minimum absolute atomic E-state index is 0.0591. The number of halogens is 2. The number of amides is 3. The Hall–Kier alpha value is -3.49. The normalized spacial score (nSPS) is 20.7. The Labute approximate surface area is 176 Å². The van der Waals surface area contributed by atoms with Gasteiger partial charge >= 0.3 is 6.09 Å². The van der Waals surface area contributed by atoms with Crippen molar-refractivity contribution in [3.05, 3.63) is 24.0 Å². The van der Waals surface area contributed by atoms with Crippen molar-refractivity contribution in [2.75, 3.05) is 31.5 Å². The molecule has 2 aliphatic heterocycles. The smallest absolute Gasteiger partial charge is 0.407 e. The van der Waals surface area contributed by atoms with Gasteiger partial charge in [0, 0.05) is 31.7 Å². The number of pyridine rings is 1. The molecule has 2 aliphatic rings. The van der Waals surface area contributed by atoms with E-state index in [9.17, 15) is 23.2 Å². The van der Waals surface area contributed by atoms with Gasteiger partial charge in [-0.25, -0.2) is 13.6 Å². The van der Waals surface area contributed by atoms with E-state index in [1.54, 1.807) is 6.07 Å². The predicted molar refractivity (Wildman–Crippen MR) is 103 cm³/mol. The molecule has 0 spiro atoms. The highest BCUT2D eigenvalue weighted by Crippen LogP contribution is 2.31. The molecule has 1 atom stereocenters. The third-order valence-electron chi connectivity index (χ3n) is 5.33. The maximum atomic E-state index is 13.5. The molecule has 0 aromatic carbocycles. The zero-order valence-electron chi connectivity index (χ0n) is 16.6. The summed E-state index contributed by atoms with van der Waals surface area (Å²) in [5.41, 5.74) is 0.635. The van der Waals surface area contributed by atoms with Gasteiger partial charge in [0.2, 0.25) is 5.91 Å². The van der Waals surface area contributed by atoms with Crippen LogP contribution in [-0.2, 0) is 4.79 Å². The number of nitrogens with zero attached hydrogens (tertiary/aromatic N) is 4. The molecule has 3 N–H and O–H groups in total. The summed E-state index contributed by atoms with van der Waals surface area (Å²) in [6.45, 7) is -0.642. The summed E-state index contributed by atoms with van der Waals surface area (Å²) >= 11 is 0. The molecule has 1 unspecified atom stereocenters. The van der Waals surface area contributed by atoms with E-state index in [2.05, 4.69) is 15.6 Å². The van der Waals surface area contributed by atoms with Crippen molar-refractivity contribution in [1.82, 2.24) is 20.1 Å². The summed E-state index contributed by atoms with van der Waals surface area (Å²) in [6, 6.07) is 1.86. The van der Waals surface area contributed by atoms with Crippen molar-refractivity contribution in [3.63, 3.8) is 0 Å². The maximum absolute atomic E-state index is 13.5. The third-order valence-corrected chi connectivity index (χ3v) is 5.33. The monoisotopic (exact) mass is 436 g/mol. The Kier molecular flexibility index (Phi) is 6.53. The second-order valence-corrected chi connectivity index (χ2v) is 7.52. The molecule has 1 aromatic heterocycles. The Morgan fingerprint density at radius 1 is 1.32 bits per heavy atom. The van der Waals surface area contributed by atoms with Gasteiger partial charge in [-0.2, -0.15) is 5.26 Å². The number of hydrogen-bond acceptors (Lipinski definition) is 6. The zero-order chi connectivity index (χ0) is 22.6. The van der Waals surface area contributed by atoms with Crippen LogP contribution in [0.3, 0.4) is 0 Å². The summed E-state index contributed by atoms with van der Waals surface area (Å²) in [4.78, 5) is 42.0. The van der Waals surface area contributed by atoms with Crippen molar-refractivity contribution in [2.45, 2.75) is 37.3 Å². The largest absolute Gasteiger partial charge is 0.465 e. The van der Waals surface area contributed by atoms with Crippen molar-refractivity contribution < 1.29 is 28.3 Å². The fourth-order valence-corrected chi connectivity index (χ4v) is 3.69. The van der Waals surface area contributed by atoms with Crippen LogP contribution < -0.4 is 10.6 Å². The predicted octanol–water partition coefficient (Wildman–Crippen LogP) is 1.13. The second-order valence-electron chi connectivity index (χ2n) is 7.52. The molecule has 3 rings (SSSR count). The standard InChI is InChI=1S/C19H22F2N6O4/c20-19(21)7-13(8-22)27(11-19)16(28)10-24-17(29)14-1-4-23-9-15(14)25-12-2-5-26(6-3-12)18(30)31/h1,4,9,12-13,25H,2-3,5-7,10-11H2,(H,24,29)(H,30,31). The lowest BCUT2D eigenvalue weighted by atomic mass is 10.0. The molecule has 166 valence electrons. The van der Waals surface area contributed by atoms with E-state index >= 15 is 0 Å². The van der Waals surface area contributed by atoms with Crippen LogP contribution in [0, 0.1) is 11.3 Å². The molecule has 0 bridgehead atoms. The molecule has 0 aliphatic carbocycles. The first-order chi connectivity index (χ1) is 14.7. The first-order valence-corrected chi connectivity index (χ1v) is 9.74. The molecular formula is C19H22F2N6O4. The number of carboxylic acid groups (broad SMARTS) is 1. The van der Waals surface area contributed by atoms with Crippen LogP contribution in [0.2, 0.25) is 0 Å². The number of alkyl halides is 2. The van der Waals surface area contributed by atoms with Crippen molar-refractivity contribution in [1.29, 1.82) is 5.26 Å². The van der Waals surface area contributed by atoms with Gasteiger partial charge < -0.3 is 25.5 Å². The SMILES string of the molecule is N#CC1CC(F)(F)CN1C(=O)CNC(=O)c1ccncc1NC1CCN(C(=O)O)CC1. The molecule has 31 heavy (non-hydrogen) atoms. The van der Waals surface area contributed by atoms with E-state index in [0.717, 1.165) is 4.90 Å². The molecule has 2 fully saturated rings. The lowest BCUT2D eigenvalue weighted by Gasteiger charge is -2.31. The number of nitriles is 1. The van der Waals surface area contributed by atoms with Crippen LogP contribution in [0.25, 0.3) is 0 Å². The summed E-state index contributed by atoms with van der Waals surface area (Å²) in [5, 5.41) is 23.6. The number of rotatable bonds is 5. The lowest BCUT2D eigenvalue weighted by molar-refractivity contribution is -0.131. The molecule has 0 saturated carbocycles. The average molecular weight is 436 g/mol. The summed E-state index contributed by atoms with van der Waals surface area (Å²) in [6.07, 6.45) is 2.27. The molecule has 3 amide bonds. The topological polar surface area (TPSA) is 139 Å². The Balaban J connectivity index is 1.58. The van der Waals surface area contributed by atoms with Crippen LogP contribution >= 0.6 is 0 Å². The van der Waals surface area contributed by atoms with Gasteiger partial charge in [-0.15, -0.1) is 0 Å². The number of nitrogens with one attached hydrogen (secondary N) is 2. The van der Waals surface area contributed by atoms with Gasteiger partial charge in [-0.05, 0) is 18.9 Å². The number of anilines is 1. The molecular weight excluding hydrogens is 414 g/mol. The van der Waals surface area contributed by atoms with Crippen LogP contribution in [-0.4, -0.2) is 82.0 Å². The first kappa shape index (κ1) is 22.2. The van der Waals surface area contributed by atoms with Gasteiger partial charge in [-0.1, -0.05) is 0 Å². The van der Waals surface area contributed by atoms with E-state index in [1.807, 2.05) is 0 Å². The van der Waals surface area contributed by atoms with Gasteiger partial charge in [0.25, 0.3) is 11.8 Å². The van der Waals surface area contributed by atoms with Gasteiger partial charge in [0.1, 0.15) is 6.04 Å². The fourth-order valence-electron chi connectivity index (χ4n) is 3.69. The van der Waals surface area contributed by atoms with Crippen LogP contribution in [0.15, 0.2) is 18.5 Å². The van der Waals surface area contributed by atoms with Crippen molar-refractivity contribution in [3.8, 4) is 6.07 Å². The Morgan fingerprint density at radius 2 is 2.03 bits per heavy atom. The van der Waals surface area contributed by atoms with Gasteiger partial charge in [0.05, 0.1) is 36.6 Å². The van der Waals surface area contributed by atoms with Crippen LogP contribution in [0.4, 0.5) is 19.3 Å². The Morgan fingerprint density at radius 3 is 2.68 bits per heavy atom. The lowest BCUT2D eigenvalue weighted by Crippen LogP contribution is -2.43. The number of hydrogen-bond donors (Lipinski definition) is 3. The van der Waals surface area contributed by atoms with E-state index in [-0.39, 0.29) is 11.6 Å². The quantitative estimate of drug-likeness (QED) is 0.629. The van der Waals surface area contributed by atoms with Gasteiger partial charge in [0.15, 0.2) is 0 Å². The number of carbonyl (C=O) groups excluding carboxylic acids is 2. The number of likely N-dealkylation sites (tertiary alicyclic amines) is 2. The highest BCUT2D eigenvalue weighted by molar-refractivity contribution is 6.01. The Bertz CT molecular complexity index is 898.